The number of aromatic nitrogens is 2. The summed E-state index contributed by atoms with van der Waals surface area (Å²) in [5.41, 5.74) is 1.47. The molecule has 3 nitrogen and oxygen atoms in total. The number of rotatable bonds is 3. The summed E-state index contributed by atoms with van der Waals surface area (Å²) in [5.74, 6) is -0.148. The van der Waals surface area contributed by atoms with Crippen LogP contribution in [0.5, 0.6) is 0 Å². The summed E-state index contributed by atoms with van der Waals surface area (Å²) in [5, 5.41) is 0. The molecule has 2 aromatic heterocycles. The molecule has 2 rings (SSSR count). The maximum Gasteiger partial charge on any atom is 0.171 e. The first-order chi connectivity index (χ1) is 7.79. The largest absolute Gasteiger partial charge is 0.293 e. The number of nitrogens with zero attached hydrogens (tertiary/aromatic N) is 2. The average molecular weight is 212 g/mol. The Balaban J connectivity index is 2.24. The van der Waals surface area contributed by atoms with E-state index in [1.165, 1.54) is 0 Å². The topological polar surface area (TPSA) is 42.9 Å². The van der Waals surface area contributed by atoms with Crippen LogP contribution in [0.1, 0.15) is 28.9 Å². The molecule has 80 valence electrons. The molecule has 0 saturated heterocycles. The molecule has 0 spiro atoms. The lowest BCUT2D eigenvalue weighted by atomic mass is 9.97. The Morgan fingerprint density at radius 1 is 1.12 bits per heavy atom. The zero-order chi connectivity index (χ0) is 11.4. The zero-order valence-electron chi connectivity index (χ0n) is 9.00. The van der Waals surface area contributed by atoms with Crippen LogP contribution in [0.2, 0.25) is 0 Å². The Morgan fingerprint density at radius 2 is 1.88 bits per heavy atom. The first-order valence-electron chi connectivity index (χ1n) is 5.14. The minimum Gasteiger partial charge on any atom is -0.293 e. The van der Waals surface area contributed by atoms with Gasteiger partial charge in [-0.2, -0.15) is 0 Å². The molecule has 0 amide bonds. The van der Waals surface area contributed by atoms with Gasteiger partial charge in [0.15, 0.2) is 5.78 Å². The van der Waals surface area contributed by atoms with Crippen LogP contribution < -0.4 is 0 Å². The van der Waals surface area contributed by atoms with E-state index in [0.717, 1.165) is 5.69 Å². The SMILES string of the molecule is C[C@H](C(=O)c1ccncc1)c1ccccn1. The van der Waals surface area contributed by atoms with Gasteiger partial charge in [0, 0.05) is 24.2 Å². The van der Waals surface area contributed by atoms with E-state index >= 15 is 0 Å². The summed E-state index contributed by atoms with van der Waals surface area (Å²) in [6, 6.07) is 9.04. The highest BCUT2D eigenvalue weighted by molar-refractivity contribution is 6.00. The molecule has 1 atom stereocenters. The van der Waals surface area contributed by atoms with Crippen LogP contribution in [0.25, 0.3) is 0 Å². The van der Waals surface area contributed by atoms with E-state index in [2.05, 4.69) is 9.97 Å². The van der Waals surface area contributed by atoms with Gasteiger partial charge >= 0.3 is 0 Å². The standard InChI is InChI=1S/C13H12N2O/c1-10(12-4-2-3-7-15-12)13(16)11-5-8-14-9-6-11/h2-10H,1H3/t10-/m0/s1. The molecule has 0 N–H and O–H groups in total. The van der Waals surface area contributed by atoms with Crippen molar-refractivity contribution in [3.05, 3.63) is 60.2 Å². The predicted octanol–water partition coefficient (Wildman–Crippen LogP) is 2.46. The molecule has 0 aliphatic heterocycles. The van der Waals surface area contributed by atoms with E-state index in [1.54, 1.807) is 30.7 Å². The van der Waals surface area contributed by atoms with Crippen molar-refractivity contribution < 1.29 is 4.79 Å². The Morgan fingerprint density at radius 3 is 2.50 bits per heavy atom. The van der Waals surface area contributed by atoms with Gasteiger partial charge in [0.1, 0.15) is 0 Å². The maximum absolute atomic E-state index is 12.1. The number of Topliss-reactive ketones (excluding diaryl/α,β-unsaturated/α-hetero) is 1. The van der Waals surface area contributed by atoms with Gasteiger partial charge in [0.05, 0.1) is 11.6 Å². The fraction of sp³-hybridized carbons (Fsp3) is 0.154. The van der Waals surface area contributed by atoms with Gasteiger partial charge in [0.2, 0.25) is 0 Å². The predicted molar refractivity (Wildman–Crippen MR) is 61.2 cm³/mol. The quantitative estimate of drug-likeness (QED) is 0.734. The van der Waals surface area contributed by atoms with Crippen LogP contribution in [-0.4, -0.2) is 15.8 Å². The molecular formula is C13H12N2O. The first-order valence-corrected chi connectivity index (χ1v) is 5.14. The maximum atomic E-state index is 12.1. The highest BCUT2D eigenvalue weighted by atomic mass is 16.1. The van der Waals surface area contributed by atoms with Crippen molar-refractivity contribution in [3.63, 3.8) is 0 Å². The average Bonchev–Trinajstić information content (AvgIpc) is 2.39. The Kier molecular flexibility index (Phi) is 3.05. The number of carbonyl (C=O) groups is 1. The molecule has 0 saturated carbocycles. The molecule has 0 aliphatic rings. The van der Waals surface area contributed by atoms with E-state index in [0.29, 0.717) is 5.56 Å². The summed E-state index contributed by atoms with van der Waals surface area (Å²) < 4.78 is 0. The van der Waals surface area contributed by atoms with Gasteiger partial charge < -0.3 is 0 Å². The Labute approximate surface area is 94.2 Å². The number of carbonyl (C=O) groups excluding carboxylic acids is 1. The van der Waals surface area contributed by atoms with Gasteiger partial charge in [0.25, 0.3) is 0 Å². The molecule has 0 aromatic carbocycles. The van der Waals surface area contributed by atoms with E-state index in [9.17, 15) is 4.79 Å². The second-order valence-corrected chi connectivity index (χ2v) is 3.58. The summed E-state index contributed by atoms with van der Waals surface area (Å²) in [7, 11) is 0. The molecule has 0 radical (unpaired) electrons. The lowest BCUT2D eigenvalue weighted by Crippen LogP contribution is -2.10. The molecule has 0 bridgehead atoms. The van der Waals surface area contributed by atoms with Crippen LogP contribution in [0.15, 0.2) is 48.9 Å². The lowest BCUT2D eigenvalue weighted by Gasteiger charge is -2.09. The minimum atomic E-state index is -0.219. The third-order valence-corrected chi connectivity index (χ3v) is 2.49. The van der Waals surface area contributed by atoms with Crippen LogP contribution in [0, 0.1) is 0 Å². The second kappa shape index (κ2) is 4.66. The molecule has 3 heteroatoms. The van der Waals surface area contributed by atoms with E-state index in [1.807, 2.05) is 25.1 Å². The van der Waals surface area contributed by atoms with Crippen molar-refractivity contribution in [2.24, 2.45) is 0 Å². The van der Waals surface area contributed by atoms with Gasteiger partial charge in [-0.15, -0.1) is 0 Å². The number of pyridine rings is 2. The zero-order valence-corrected chi connectivity index (χ0v) is 9.00. The second-order valence-electron chi connectivity index (χ2n) is 3.58. The van der Waals surface area contributed by atoms with Gasteiger partial charge in [-0.25, -0.2) is 0 Å². The van der Waals surface area contributed by atoms with E-state index in [4.69, 9.17) is 0 Å². The number of hydrogen-bond donors (Lipinski definition) is 0. The summed E-state index contributed by atoms with van der Waals surface area (Å²) in [4.78, 5) is 20.2. The molecule has 0 fully saturated rings. The number of hydrogen-bond acceptors (Lipinski definition) is 3. The van der Waals surface area contributed by atoms with Crippen molar-refractivity contribution in [2.45, 2.75) is 12.8 Å². The summed E-state index contributed by atoms with van der Waals surface area (Å²) in [6.45, 7) is 1.87. The van der Waals surface area contributed by atoms with Gasteiger partial charge in [-0.3, -0.25) is 14.8 Å². The van der Waals surface area contributed by atoms with Crippen molar-refractivity contribution >= 4 is 5.78 Å². The Hall–Kier alpha value is -2.03. The van der Waals surface area contributed by atoms with E-state index < -0.39 is 0 Å². The van der Waals surface area contributed by atoms with Crippen molar-refractivity contribution in [1.29, 1.82) is 0 Å². The van der Waals surface area contributed by atoms with Crippen LogP contribution in [0.3, 0.4) is 0 Å². The fourth-order valence-electron chi connectivity index (χ4n) is 1.53. The van der Waals surface area contributed by atoms with Crippen molar-refractivity contribution in [3.8, 4) is 0 Å². The van der Waals surface area contributed by atoms with E-state index in [-0.39, 0.29) is 11.7 Å². The Bertz CT molecular complexity index is 468. The first kappa shape index (κ1) is 10.5. The van der Waals surface area contributed by atoms with Gasteiger partial charge in [-0.05, 0) is 31.2 Å². The highest BCUT2D eigenvalue weighted by Crippen LogP contribution is 2.17. The van der Waals surface area contributed by atoms with Crippen LogP contribution in [0.4, 0.5) is 0 Å². The highest BCUT2D eigenvalue weighted by Gasteiger charge is 2.17. The molecule has 2 heterocycles. The third kappa shape index (κ3) is 2.14. The summed E-state index contributed by atoms with van der Waals surface area (Å²) in [6.07, 6.45) is 4.95. The molecule has 2 aromatic rings. The van der Waals surface area contributed by atoms with Crippen LogP contribution in [-0.2, 0) is 0 Å². The molecule has 0 unspecified atom stereocenters. The van der Waals surface area contributed by atoms with Crippen LogP contribution >= 0.6 is 0 Å². The minimum absolute atomic E-state index is 0.0705. The van der Waals surface area contributed by atoms with Crippen molar-refractivity contribution in [2.75, 3.05) is 0 Å². The number of ketones is 1. The third-order valence-electron chi connectivity index (χ3n) is 2.49. The smallest absolute Gasteiger partial charge is 0.171 e. The molecule has 0 aliphatic carbocycles. The fourth-order valence-corrected chi connectivity index (χ4v) is 1.53. The normalized spacial score (nSPS) is 12.1. The van der Waals surface area contributed by atoms with Crippen molar-refractivity contribution in [1.82, 2.24) is 9.97 Å². The molecule has 16 heavy (non-hydrogen) atoms. The lowest BCUT2D eigenvalue weighted by molar-refractivity contribution is 0.0964. The summed E-state index contributed by atoms with van der Waals surface area (Å²) >= 11 is 0. The van der Waals surface area contributed by atoms with Gasteiger partial charge in [-0.1, -0.05) is 6.07 Å². The molecular weight excluding hydrogens is 200 g/mol. The monoisotopic (exact) mass is 212 g/mol.